The fraction of sp³-hybridized carbons (Fsp3) is 0.462. The van der Waals surface area contributed by atoms with Crippen LogP contribution in [0.15, 0.2) is 18.2 Å². The predicted octanol–water partition coefficient (Wildman–Crippen LogP) is 2.75. The number of hydrogen-bond donors (Lipinski definition) is 1. The first-order valence-electron chi connectivity index (χ1n) is 5.71. The molecule has 1 fully saturated rings. The number of halogens is 2. The monoisotopic (exact) mass is 236 g/mol. The van der Waals surface area contributed by atoms with E-state index in [2.05, 4.69) is 11.4 Å². The topological polar surface area (TPSA) is 35.8 Å². The molecule has 17 heavy (non-hydrogen) atoms. The minimum absolute atomic E-state index is 0.257. The maximum absolute atomic E-state index is 13.3. The van der Waals surface area contributed by atoms with E-state index in [1.54, 1.807) is 0 Å². The molecule has 0 bridgehead atoms. The minimum atomic E-state index is -0.443. The van der Waals surface area contributed by atoms with Gasteiger partial charge in [-0.05, 0) is 31.0 Å². The summed E-state index contributed by atoms with van der Waals surface area (Å²) in [5.74, 6) is -0.861. The number of nitrogens with one attached hydrogen (secondary N) is 1. The molecule has 0 atom stereocenters. The number of rotatable bonds is 4. The van der Waals surface area contributed by atoms with E-state index in [0.717, 1.165) is 31.4 Å². The molecule has 0 aliphatic heterocycles. The fourth-order valence-corrected chi connectivity index (χ4v) is 2.05. The van der Waals surface area contributed by atoms with Gasteiger partial charge in [0.15, 0.2) is 0 Å². The minimum Gasteiger partial charge on any atom is -0.311 e. The molecule has 0 amide bonds. The first kappa shape index (κ1) is 12.0. The van der Waals surface area contributed by atoms with Crippen LogP contribution in [0.1, 0.15) is 24.8 Å². The molecular formula is C13H14F2N2. The van der Waals surface area contributed by atoms with Gasteiger partial charge in [-0.15, -0.1) is 0 Å². The van der Waals surface area contributed by atoms with E-state index in [0.29, 0.717) is 12.1 Å². The zero-order valence-electron chi connectivity index (χ0n) is 9.47. The van der Waals surface area contributed by atoms with Gasteiger partial charge in [0, 0.05) is 18.7 Å². The first-order chi connectivity index (χ1) is 8.15. The molecule has 1 saturated carbocycles. The maximum Gasteiger partial charge on any atom is 0.127 e. The molecule has 0 radical (unpaired) electrons. The molecule has 1 aliphatic carbocycles. The highest BCUT2D eigenvalue weighted by Crippen LogP contribution is 2.39. The van der Waals surface area contributed by atoms with Crippen molar-refractivity contribution >= 4 is 0 Å². The Bertz CT molecular complexity index is 447. The molecule has 2 rings (SSSR count). The highest BCUT2D eigenvalue weighted by atomic mass is 19.1. The molecule has 1 N–H and O–H groups in total. The SMILES string of the molecule is N#CC1(CNCc2cc(F)ccc2F)CCC1. The lowest BCUT2D eigenvalue weighted by atomic mass is 9.70. The van der Waals surface area contributed by atoms with Gasteiger partial charge in [0.25, 0.3) is 0 Å². The second-order valence-corrected chi connectivity index (χ2v) is 4.58. The molecule has 1 aliphatic rings. The fourth-order valence-electron chi connectivity index (χ4n) is 2.05. The van der Waals surface area contributed by atoms with Crippen LogP contribution in [0.3, 0.4) is 0 Å². The van der Waals surface area contributed by atoms with E-state index < -0.39 is 11.6 Å². The molecule has 0 spiro atoms. The Kier molecular flexibility index (Phi) is 3.39. The van der Waals surface area contributed by atoms with Gasteiger partial charge in [0.05, 0.1) is 11.5 Å². The van der Waals surface area contributed by atoms with Crippen molar-refractivity contribution < 1.29 is 8.78 Å². The Labute approximate surface area is 99.3 Å². The van der Waals surface area contributed by atoms with Crippen molar-refractivity contribution in [2.75, 3.05) is 6.54 Å². The average Bonchev–Trinajstić information content (AvgIpc) is 2.27. The molecule has 90 valence electrons. The van der Waals surface area contributed by atoms with Crippen molar-refractivity contribution in [1.82, 2.24) is 5.32 Å². The molecule has 0 saturated heterocycles. The highest BCUT2D eigenvalue weighted by molar-refractivity contribution is 5.18. The van der Waals surface area contributed by atoms with Crippen molar-refractivity contribution in [3.05, 3.63) is 35.4 Å². The Morgan fingerprint density at radius 3 is 2.71 bits per heavy atom. The molecule has 0 aromatic heterocycles. The second kappa shape index (κ2) is 4.80. The number of benzene rings is 1. The average molecular weight is 236 g/mol. The van der Waals surface area contributed by atoms with E-state index in [4.69, 9.17) is 5.26 Å². The Hall–Kier alpha value is -1.47. The standard InChI is InChI=1S/C13H14F2N2/c14-11-2-3-12(15)10(6-11)7-17-9-13(8-16)4-1-5-13/h2-3,6,17H,1,4-5,7,9H2. The molecule has 1 aromatic rings. The van der Waals surface area contributed by atoms with Gasteiger partial charge in [-0.1, -0.05) is 6.42 Å². The Morgan fingerprint density at radius 1 is 1.35 bits per heavy atom. The lowest BCUT2D eigenvalue weighted by Gasteiger charge is -2.35. The molecule has 0 heterocycles. The summed E-state index contributed by atoms with van der Waals surface area (Å²) in [7, 11) is 0. The van der Waals surface area contributed by atoms with E-state index in [1.807, 2.05) is 0 Å². The molecule has 1 aromatic carbocycles. The van der Waals surface area contributed by atoms with Crippen molar-refractivity contribution in [2.24, 2.45) is 5.41 Å². The van der Waals surface area contributed by atoms with Crippen LogP contribution in [0.2, 0.25) is 0 Å². The van der Waals surface area contributed by atoms with Gasteiger partial charge >= 0.3 is 0 Å². The van der Waals surface area contributed by atoms with Gasteiger partial charge < -0.3 is 5.32 Å². The summed E-state index contributed by atoms with van der Waals surface area (Å²) in [5, 5.41) is 12.0. The Morgan fingerprint density at radius 2 is 2.12 bits per heavy atom. The third kappa shape index (κ3) is 2.62. The van der Waals surface area contributed by atoms with Crippen LogP contribution < -0.4 is 5.32 Å². The van der Waals surface area contributed by atoms with E-state index in [-0.39, 0.29) is 12.0 Å². The van der Waals surface area contributed by atoms with Crippen LogP contribution in [-0.4, -0.2) is 6.54 Å². The largest absolute Gasteiger partial charge is 0.311 e. The van der Waals surface area contributed by atoms with Crippen molar-refractivity contribution in [3.8, 4) is 6.07 Å². The third-order valence-corrected chi connectivity index (χ3v) is 3.33. The Balaban J connectivity index is 1.90. The summed E-state index contributed by atoms with van der Waals surface area (Å²) in [6.45, 7) is 0.798. The summed E-state index contributed by atoms with van der Waals surface area (Å²) >= 11 is 0. The summed E-state index contributed by atoms with van der Waals surface area (Å²) in [4.78, 5) is 0. The second-order valence-electron chi connectivity index (χ2n) is 4.58. The molecule has 2 nitrogen and oxygen atoms in total. The number of nitriles is 1. The van der Waals surface area contributed by atoms with Gasteiger partial charge in [0.2, 0.25) is 0 Å². The van der Waals surface area contributed by atoms with Gasteiger partial charge in [-0.2, -0.15) is 5.26 Å². The lowest BCUT2D eigenvalue weighted by Crippen LogP contribution is -2.38. The third-order valence-electron chi connectivity index (χ3n) is 3.33. The highest BCUT2D eigenvalue weighted by Gasteiger charge is 2.36. The van der Waals surface area contributed by atoms with Crippen LogP contribution in [0.25, 0.3) is 0 Å². The quantitative estimate of drug-likeness (QED) is 0.872. The van der Waals surface area contributed by atoms with Gasteiger partial charge in [-0.3, -0.25) is 0 Å². The van der Waals surface area contributed by atoms with Crippen LogP contribution in [0.5, 0.6) is 0 Å². The molecule has 4 heteroatoms. The van der Waals surface area contributed by atoms with E-state index in [1.165, 1.54) is 6.07 Å². The van der Waals surface area contributed by atoms with Gasteiger partial charge in [-0.25, -0.2) is 8.78 Å². The van der Waals surface area contributed by atoms with Crippen LogP contribution in [0.4, 0.5) is 8.78 Å². The summed E-state index contributed by atoms with van der Waals surface area (Å²) in [6.07, 6.45) is 2.85. The zero-order valence-corrected chi connectivity index (χ0v) is 9.47. The smallest absolute Gasteiger partial charge is 0.127 e. The van der Waals surface area contributed by atoms with E-state index in [9.17, 15) is 8.78 Å². The number of hydrogen-bond acceptors (Lipinski definition) is 2. The first-order valence-corrected chi connectivity index (χ1v) is 5.71. The maximum atomic E-state index is 13.3. The summed E-state index contributed by atoms with van der Waals surface area (Å²) in [5.41, 5.74) is 0.0153. The summed E-state index contributed by atoms with van der Waals surface area (Å²) in [6, 6.07) is 5.70. The van der Waals surface area contributed by atoms with Crippen LogP contribution in [-0.2, 0) is 6.54 Å². The van der Waals surface area contributed by atoms with Gasteiger partial charge in [0.1, 0.15) is 11.6 Å². The van der Waals surface area contributed by atoms with E-state index >= 15 is 0 Å². The number of nitrogens with zero attached hydrogens (tertiary/aromatic N) is 1. The van der Waals surface area contributed by atoms with Crippen LogP contribution >= 0.6 is 0 Å². The predicted molar refractivity (Wildman–Crippen MR) is 60.0 cm³/mol. The van der Waals surface area contributed by atoms with Crippen molar-refractivity contribution in [2.45, 2.75) is 25.8 Å². The summed E-state index contributed by atoms with van der Waals surface area (Å²) < 4.78 is 26.2. The zero-order chi connectivity index (χ0) is 12.3. The van der Waals surface area contributed by atoms with Crippen LogP contribution in [0, 0.1) is 28.4 Å². The molecular weight excluding hydrogens is 222 g/mol. The molecule has 0 unspecified atom stereocenters. The lowest BCUT2D eigenvalue weighted by molar-refractivity contribution is 0.206. The van der Waals surface area contributed by atoms with Crippen molar-refractivity contribution in [3.63, 3.8) is 0 Å². The normalized spacial score (nSPS) is 17.2. The van der Waals surface area contributed by atoms with Crippen molar-refractivity contribution in [1.29, 1.82) is 5.26 Å².